The largest absolute Gasteiger partial charge is 0.382 e. The molecule has 0 saturated heterocycles. The third-order valence-electron chi connectivity index (χ3n) is 3.02. The van der Waals surface area contributed by atoms with Gasteiger partial charge in [-0.1, -0.05) is 0 Å². The van der Waals surface area contributed by atoms with Gasteiger partial charge < -0.3 is 24.1 Å². The lowest BCUT2D eigenvalue weighted by Crippen LogP contribution is -2.18. The first-order valence-electron chi connectivity index (χ1n) is 6.76. The fraction of sp³-hybridized carbons (Fsp3) is 0.714. The Morgan fingerprint density at radius 2 is 1.84 bits per heavy atom. The summed E-state index contributed by atoms with van der Waals surface area (Å²) in [6.07, 6.45) is 2.08. The van der Waals surface area contributed by atoms with Gasteiger partial charge in [0.05, 0.1) is 33.0 Å². The maximum absolute atomic E-state index is 5.55. The predicted molar refractivity (Wildman–Crippen MR) is 75.4 cm³/mol. The smallest absolute Gasteiger partial charge is 0.0701 e. The summed E-state index contributed by atoms with van der Waals surface area (Å²) in [7, 11) is 3.64. The molecule has 19 heavy (non-hydrogen) atoms. The van der Waals surface area contributed by atoms with E-state index in [0.29, 0.717) is 39.1 Å². The van der Waals surface area contributed by atoms with Crippen LogP contribution in [-0.4, -0.2) is 51.8 Å². The van der Waals surface area contributed by atoms with Crippen molar-refractivity contribution in [2.24, 2.45) is 0 Å². The third kappa shape index (κ3) is 6.20. The minimum atomic E-state index is 0.354. The van der Waals surface area contributed by atoms with Crippen LogP contribution in [0, 0.1) is 0 Å². The number of aromatic nitrogens is 1. The molecule has 1 aromatic rings. The van der Waals surface area contributed by atoms with E-state index < -0.39 is 0 Å². The molecule has 5 nitrogen and oxygen atoms in total. The molecule has 1 atom stereocenters. The van der Waals surface area contributed by atoms with Gasteiger partial charge in [0.2, 0.25) is 0 Å². The highest BCUT2D eigenvalue weighted by Crippen LogP contribution is 2.12. The average molecular weight is 270 g/mol. The van der Waals surface area contributed by atoms with E-state index >= 15 is 0 Å². The number of rotatable bonds is 11. The van der Waals surface area contributed by atoms with Gasteiger partial charge in [-0.15, -0.1) is 0 Å². The predicted octanol–water partition coefficient (Wildman–Crippen LogP) is 1.45. The zero-order chi connectivity index (χ0) is 13.9. The first-order chi connectivity index (χ1) is 9.29. The van der Waals surface area contributed by atoms with Crippen molar-refractivity contribution in [2.75, 3.05) is 47.2 Å². The van der Waals surface area contributed by atoms with Gasteiger partial charge in [-0.05, 0) is 26.1 Å². The Morgan fingerprint density at radius 1 is 1.16 bits per heavy atom. The van der Waals surface area contributed by atoms with Gasteiger partial charge in [-0.3, -0.25) is 0 Å². The minimum absolute atomic E-state index is 0.354. The Hall–Kier alpha value is -0.880. The number of hydrogen-bond acceptors (Lipinski definition) is 4. The van der Waals surface area contributed by atoms with Crippen LogP contribution in [0.5, 0.6) is 0 Å². The van der Waals surface area contributed by atoms with E-state index in [-0.39, 0.29) is 0 Å². The van der Waals surface area contributed by atoms with Crippen LogP contribution in [0.2, 0.25) is 0 Å². The van der Waals surface area contributed by atoms with Gasteiger partial charge in [0, 0.05) is 31.6 Å². The van der Waals surface area contributed by atoms with Crippen molar-refractivity contribution in [3.8, 4) is 0 Å². The van der Waals surface area contributed by atoms with Gasteiger partial charge in [-0.25, -0.2) is 0 Å². The van der Waals surface area contributed by atoms with Crippen LogP contribution in [0.4, 0.5) is 0 Å². The second kappa shape index (κ2) is 9.97. The molecule has 0 aliphatic rings. The van der Waals surface area contributed by atoms with Crippen LogP contribution >= 0.6 is 0 Å². The molecule has 0 spiro atoms. The van der Waals surface area contributed by atoms with Crippen molar-refractivity contribution in [3.05, 3.63) is 24.0 Å². The lowest BCUT2D eigenvalue weighted by atomic mass is 10.2. The highest BCUT2D eigenvalue weighted by Gasteiger charge is 2.07. The van der Waals surface area contributed by atoms with Gasteiger partial charge >= 0.3 is 0 Å². The molecule has 0 radical (unpaired) electrons. The molecule has 110 valence electrons. The molecular formula is C14H26N2O3. The lowest BCUT2D eigenvalue weighted by Gasteiger charge is -2.15. The van der Waals surface area contributed by atoms with Crippen LogP contribution in [0.1, 0.15) is 18.7 Å². The van der Waals surface area contributed by atoms with E-state index in [2.05, 4.69) is 35.1 Å². The Bertz CT molecular complexity index is 328. The van der Waals surface area contributed by atoms with Crippen LogP contribution in [0.25, 0.3) is 0 Å². The van der Waals surface area contributed by atoms with Crippen molar-refractivity contribution in [1.29, 1.82) is 0 Å². The first kappa shape index (κ1) is 16.2. The Kier molecular flexibility index (Phi) is 8.49. The molecule has 0 bridgehead atoms. The molecule has 0 saturated carbocycles. The average Bonchev–Trinajstić information content (AvgIpc) is 2.89. The molecule has 0 aliphatic carbocycles. The Labute approximate surface area is 115 Å². The summed E-state index contributed by atoms with van der Waals surface area (Å²) in [6, 6.07) is 4.55. The Morgan fingerprint density at radius 3 is 2.53 bits per heavy atom. The van der Waals surface area contributed by atoms with Gasteiger partial charge in [0.25, 0.3) is 0 Å². The van der Waals surface area contributed by atoms with E-state index in [4.69, 9.17) is 14.2 Å². The molecule has 5 heteroatoms. The van der Waals surface area contributed by atoms with Gasteiger partial charge in [-0.2, -0.15) is 0 Å². The second-order valence-electron chi connectivity index (χ2n) is 4.35. The summed E-state index contributed by atoms with van der Waals surface area (Å²) in [5.74, 6) is 0. The van der Waals surface area contributed by atoms with Gasteiger partial charge in [0.15, 0.2) is 0 Å². The monoisotopic (exact) mass is 270 g/mol. The normalized spacial score (nSPS) is 12.8. The number of nitrogens with one attached hydrogen (secondary N) is 1. The highest BCUT2D eigenvalue weighted by atomic mass is 16.5. The highest BCUT2D eigenvalue weighted by molar-refractivity contribution is 5.11. The van der Waals surface area contributed by atoms with Crippen LogP contribution in [0.3, 0.4) is 0 Å². The van der Waals surface area contributed by atoms with Gasteiger partial charge in [0.1, 0.15) is 0 Å². The summed E-state index contributed by atoms with van der Waals surface area (Å²) in [5, 5.41) is 3.24. The second-order valence-corrected chi connectivity index (χ2v) is 4.35. The van der Waals surface area contributed by atoms with E-state index in [0.717, 1.165) is 6.54 Å². The van der Waals surface area contributed by atoms with Crippen molar-refractivity contribution in [1.82, 2.24) is 9.88 Å². The zero-order valence-corrected chi connectivity index (χ0v) is 12.2. The quantitative estimate of drug-likeness (QED) is 0.618. The van der Waals surface area contributed by atoms with Crippen molar-refractivity contribution >= 4 is 0 Å². The standard InChI is InChI=1S/C14H26N2O3/c1-13(15-2)14-5-4-6-16(14)7-8-18-11-12-19-10-9-17-3/h4-6,13,15H,7-12H2,1-3H3. The molecule has 0 fully saturated rings. The van der Waals surface area contributed by atoms with E-state index in [1.165, 1.54) is 5.69 Å². The maximum atomic E-state index is 5.55. The molecule has 1 aromatic heterocycles. The summed E-state index contributed by atoms with van der Waals surface area (Å²) >= 11 is 0. The lowest BCUT2D eigenvalue weighted by molar-refractivity contribution is 0.0229. The molecule has 1 rings (SSSR count). The Balaban J connectivity index is 2.11. The number of hydrogen-bond donors (Lipinski definition) is 1. The summed E-state index contributed by atoms with van der Waals surface area (Å²) in [4.78, 5) is 0. The van der Waals surface area contributed by atoms with Crippen molar-refractivity contribution < 1.29 is 14.2 Å². The molecule has 0 amide bonds. The maximum Gasteiger partial charge on any atom is 0.0701 e. The number of ether oxygens (including phenoxy) is 3. The molecule has 1 heterocycles. The first-order valence-corrected chi connectivity index (χ1v) is 6.76. The summed E-state index contributed by atoms with van der Waals surface area (Å²) < 4.78 is 18.0. The third-order valence-corrected chi connectivity index (χ3v) is 3.02. The topological polar surface area (TPSA) is 44.7 Å². The van der Waals surface area contributed by atoms with E-state index in [1.807, 2.05) is 7.05 Å². The molecule has 0 aromatic carbocycles. The summed E-state index contributed by atoms with van der Waals surface area (Å²) in [6.45, 7) is 6.22. The number of methoxy groups -OCH3 is 1. The van der Waals surface area contributed by atoms with Crippen LogP contribution in [-0.2, 0) is 20.8 Å². The van der Waals surface area contributed by atoms with Crippen LogP contribution < -0.4 is 5.32 Å². The molecule has 1 N–H and O–H groups in total. The molecule has 0 aliphatic heterocycles. The fourth-order valence-electron chi connectivity index (χ4n) is 1.80. The van der Waals surface area contributed by atoms with E-state index in [9.17, 15) is 0 Å². The molecule has 1 unspecified atom stereocenters. The van der Waals surface area contributed by atoms with E-state index in [1.54, 1.807) is 7.11 Å². The molecular weight excluding hydrogens is 244 g/mol. The van der Waals surface area contributed by atoms with Crippen molar-refractivity contribution in [3.63, 3.8) is 0 Å². The fourth-order valence-corrected chi connectivity index (χ4v) is 1.80. The summed E-state index contributed by atoms with van der Waals surface area (Å²) in [5.41, 5.74) is 1.28. The zero-order valence-electron chi connectivity index (χ0n) is 12.2. The number of nitrogens with zero attached hydrogens (tertiary/aromatic N) is 1. The minimum Gasteiger partial charge on any atom is -0.382 e. The van der Waals surface area contributed by atoms with Crippen molar-refractivity contribution in [2.45, 2.75) is 19.5 Å². The SMILES string of the molecule is CNC(C)c1cccn1CCOCCOCCOC. The van der Waals surface area contributed by atoms with Crippen LogP contribution in [0.15, 0.2) is 18.3 Å².